The largest absolute Gasteiger partial charge is 0.480 e. The molecule has 0 rings (SSSR count). The van der Waals surface area contributed by atoms with Crippen molar-refractivity contribution in [2.75, 3.05) is 23.8 Å². The zero-order valence-electron chi connectivity index (χ0n) is 18.8. The van der Waals surface area contributed by atoms with Crippen LogP contribution in [-0.4, -0.2) is 97.9 Å². The van der Waals surface area contributed by atoms with Crippen molar-refractivity contribution in [1.82, 2.24) is 5.32 Å². The van der Waals surface area contributed by atoms with Gasteiger partial charge < -0.3 is 42.9 Å². The number of rotatable bonds is 15. The Balaban J connectivity index is -0.000000557. The smallest absolute Gasteiger partial charge is 0.322 e. The summed E-state index contributed by atoms with van der Waals surface area (Å²) in [6, 6.07) is -2.68. The van der Waals surface area contributed by atoms with Crippen molar-refractivity contribution in [3.8, 4) is 0 Å². The van der Waals surface area contributed by atoms with Crippen molar-refractivity contribution in [1.29, 1.82) is 0 Å². The third kappa shape index (κ3) is 23.5. The van der Waals surface area contributed by atoms with Crippen LogP contribution in [0.2, 0.25) is 0 Å². The van der Waals surface area contributed by atoms with Crippen LogP contribution in [0.25, 0.3) is 0 Å². The first-order valence-corrected chi connectivity index (χ1v) is 11.8. The average molecular weight is 563 g/mol. The number of nitrogens with two attached hydrogens (primary N) is 3. The second kappa shape index (κ2) is 22.4. The second-order valence-corrected chi connectivity index (χ2v) is 7.98. The van der Waals surface area contributed by atoms with Gasteiger partial charge in [-0.3, -0.25) is 28.8 Å². The Bertz CT molecular complexity index is 699. The van der Waals surface area contributed by atoms with Gasteiger partial charge in [-0.15, -0.1) is 0 Å². The molecule has 0 spiro atoms. The monoisotopic (exact) mass is 562 g/mol. The Hall–Kier alpha value is -2.05. The highest BCUT2D eigenvalue weighted by molar-refractivity contribution is 7.80. The molecule has 0 aromatic heterocycles. The molecule has 14 nitrogen and oxygen atoms in total. The molecular weight excluding hydrogens is 528 g/mol. The van der Waals surface area contributed by atoms with Crippen molar-refractivity contribution in [3.63, 3.8) is 0 Å². The summed E-state index contributed by atoms with van der Waals surface area (Å²) in [7, 11) is 0. The number of Topliss-reactive ketones (excluding diaryl/α,β-unsaturated/α-hetero) is 1. The molecule has 0 aliphatic rings. The Morgan fingerprint density at radius 2 is 1.17 bits per heavy atom. The molecule has 0 aromatic carbocycles. The Morgan fingerprint density at radius 3 is 1.46 bits per heavy atom. The lowest BCUT2D eigenvalue weighted by Gasteiger charge is -2.13. The Morgan fingerprint density at radius 1 is 0.714 bits per heavy atom. The summed E-state index contributed by atoms with van der Waals surface area (Å²) in [6.07, 6.45) is 0.244. The minimum Gasteiger partial charge on any atom is -0.480 e. The van der Waals surface area contributed by atoms with E-state index in [9.17, 15) is 28.8 Å². The zero-order chi connectivity index (χ0) is 28.1. The van der Waals surface area contributed by atoms with E-state index in [1.807, 2.05) is 0 Å². The minimum absolute atomic E-state index is 0.00972. The van der Waals surface area contributed by atoms with E-state index in [4.69, 9.17) is 37.6 Å². The topological polar surface area (TPSA) is 273 Å². The number of carbonyl (C=O) groups is 6. The molecule has 0 aromatic rings. The lowest BCUT2D eigenvalue weighted by atomic mass is 9.99. The second-order valence-electron chi connectivity index (χ2n) is 6.80. The van der Waals surface area contributed by atoms with Gasteiger partial charge >= 0.3 is 23.9 Å². The molecule has 0 heterocycles. The van der Waals surface area contributed by atoms with E-state index < -0.39 is 60.4 Å². The summed E-state index contributed by atoms with van der Waals surface area (Å²) >= 11 is 11.4. The molecule has 0 radical (unpaired) electrons. The van der Waals surface area contributed by atoms with Crippen LogP contribution < -0.4 is 22.5 Å². The molecule has 17 heteroatoms. The van der Waals surface area contributed by atoms with Crippen LogP contribution in [-0.2, 0) is 28.8 Å². The number of nitrogens with one attached hydrogen (secondary N) is 1. The van der Waals surface area contributed by atoms with Gasteiger partial charge in [0.15, 0.2) is 0 Å². The number of amides is 1. The first-order chi connectivity index (χ1) is 16.1. The normalized spacial score (nSPS) is 13.3. The first-order valence-electron chi connectivity index (χ1n) is 9.93. The van der Waals surface area contributed by atoms with Crippen LogP contribution in [0.4, 0.5) is 0 Å². The maximum Gasteiger partial charge on any atom is 0.322 e. The molecule has 1 amide bonds. The molecule has 4 atom stereocenters. The van der Waals surface area contributed by atoms with Gasteiger partial charge in [0.05, 0.1) is 5.92 Å². The molecule has 204 valence electrons. The van der Waals surface area contributed by atoms with Crippen LogP contribution in [0.1, 0.15) is 25.7 Å². The molecule has 0 fully saturated rings. The highest BCUT2D eigenvalue weighted by Gasteiger charge is 2.22. The van der Waals surface area contributed by atoms with Crippen LogP contribution in [0.15, 0.2) is 0 Å². The fraction of sp³-hybridized carbons (Fsp3) is 0.667. The van der Waals surface area contributed by atoms with Gasteiger partial charge in [-0.25, -0.2) is 0 Å². The third-order valence-corrected chi connectivity index (χ3v) is 4.89. The summed E-state index contributed by atoms with van der Waals surface area (Å²) in [5, 5.41) is 35.3. The molecule has 0 aliphatic heterocycles. The van der Waals surface area contributed by atoms with Gasteiger partial charge in [-0.2, -0.15) is 37.9 Å². The van der Waals surface area contributed by atoms with Crippen molar-refractivity contribution >= 4 is 73.5 Å². The molecule has 0 aliphatic carbocycles. The molecular formula is C18H34N4O10S3. The lowest BCUT2D eigenvalue weighted by Crippen LogP contribution is -2.36. The minimum atomic E-state index is -1.19. The van der Waals surface area contributed by atoms with Gasteiger partial charge in [-0.05, 0) is 18.6 Å². The maximum absolute atomic E-state index is 11.6. The SMILES string of the molecule is NC(CCC(=O)CC(CS)C(=O)NCC(=O)O)C(=O)O.NC(CCS)C(=O)O.NC(CS)C(=O)O. The number of aliphatic carboxylic acids is 4. The van der Waals surface area contributed by atoms with Gasteiger partial charge in [0.2, 0.25) is 5.91 Å². The fourth-order valence-electron chi connectivity index (χ4n) is 1.70. The highest BCUT2D eigenvalue weighted by Crippen LogP contribution is 2.10. The number of carboxylic acid groups (broad SMARTS) is 4. The van der Waals surface area contributed by atoms with Crippen LogP contribution >= 0.6 is 37.9 Å². The third-order valence-electron chi connectivity index (χ3n) is 3.80. The lowest BCUT2D eigenvalue weighted by molar-refractivity contribution is -0.139. The maximum atomic E-state index is 11.6. The molecule has 0 saturated heterocycles. The van der Waals surface area contributed by atoms with Crippen molar-refractivity contribution in [3.05, 3.63) is 0 Å². The van der Waals surface area contributed by atoms with E-state index in [0.29, 0.717) is 12.2 Å². The number of hydrogen-bond donors (Lipinski definition) is 11. The molecule has 4 unspecified atom stereocenters. The predicted octanol–water partition coefficient (Wildman–Crippen LogP) is -2.07. The van der Waals surface area contributed by atoms with Gasteiger partial charge in [0, 0.05) is 24.3 Å². The fourth-order valence-corrected chi connectivity index (χ4v) is 2.43. The van der Waals surface area contributed by atoms with E-state index in [0.717, 1.165) is 0 Å². The van der Waals surface area contributed by atoms with E-state index in [2.05, 4.69) is 43.2 Å². The van der Waals surface area contributed by atoms with Crippen LogP contribution in [0, 0.1) is 5.92 Å². The van der Waals surface area contributed by atoms with E-state index in [-0.39, 0.29) is 36.6 Å². The zero-order valence-corrected chi connectivity index (χ0v) is 21.5. The first kappa shape index (κ1) is 37.5. The number of carboxylic acids is 4. The Kier molecular flexibility index (Phi) is 24.0. The average Bonchev–Trinajstić information content (AvgIpc) is 2.79. The summed E-state index contributed by atoms with van der Waals surface area (Å²) in [5.74, 6) is -5.17. The van der Waals surface area contributed by atoms with Gasteiger partial charge in [-0.1, -0.05) is 0 Å². The van der Waals surface area contributed by atoms with E-state index in [1.165, 1.54) is 0 Å². The standard InChI is InChI=1S/C11H18N2O6S.C4H9NO2S.C3H7NO2S/c12-8(11(18)19)2-1-7(14)3-6(5-20)10(17)13-4-9(15)16;5-3(1-2-8)4(6)7;4-2(1-7)3(5)6/h6,8,20H,1-5,12H2,(H,13,17)(H,15,16)(H,18,19);3,8H,1-2,5H2,(H,6,7);2,7H,1,4H2,(H,5,6). The van der Waals surface area contributed by atoms with Crippen molar-refractivity contribution < 1.29 is 49.2 Å². The van der Waals surface area contributed by atoms with E-state index in [1.54, 1.807) is 0 Å². The van der Waals surface area contributed by atoms with Gasteiger partial charge in [0.1, 0.15) is 30.5 Å². The van der Waals surface area contributed by atoms with Crippen molar-refractivity contribution in [2.24, 2.45) is 23.1 Å². The number of thiol groups is 3. The summed E-state index contributed by atoms with van der Waals surface area (Å²) < 4.78 is 0. The van der Waals surface area contributed by atoms with Gasteiger partial charge in [0.25, 0.3) is 0 Å². The molecule has 0 saturated carbocycles. The summed E-state index contributed by atoms with van der Waals surface area (Å²) in [6.45, 7) is -0.527. The number of carbonyl (C=O) groups excluding carboxylic acids is 2. The van der Waals surface area contributed by atoms with Crippen LogP contribution in [0.3, 0.4) is 0 Å². The van der Waals surface area contributed by atoms with E-state index >= 15 is 0 Å². The Labute approximate surface area is 218 Å². The summed E-state index contributed by atoms with van der Waals surface area (Å²) in [5.41, 5.74) is 15.3. The number of hydrogen-bond acceptors (Lipinski definition) is 12. The quantitative estimate of drug-likeness (QED) is 0.0958. The molecule has 11 N–H and O–H groups in total. The number of ketones is 1. The molecule has 0 bridgehead atoms. The molecule has 35 heavy (non-hydrogen) atoms. The predicted molar refractivity (Wildman–Crippen MR) is 136 cm³/mol. The summed E-state index contributed by atoms with van der Waals surface area (Å²) in [4.78, 5) is 63.6. The highest BCUT2D eigenvalue weighted by atomic mass is 32.1. The van der Waals surface area contributed by atoms with Crippen LogP contribution in [0.5, 0.6) is 0 Å². The van der Waals surface area contributed by atoms with Crippen molar-refractivity contribution in [2.45, 2.75) is 43.8 Å².